The van der Waals surface area contributed by atoms with E-state index in [1.165, 1.54) is 6.07 Å². The Labute approximate surface area is 86.4 Å². The van der Waals surface area contributed by atoms with Gasteiger partial charge in [0.15, 0.2) is 0 Å². The number of aromatic nitrogens is 1. The number of nitrogens with two attached hydrogens (primary N) is 1. The Hall–Kier alpha value is -2.23. The van der Waals surface area contributed by atoms with E-state index in [-0.39, 0.29) is 5.69 Å². The van der Waals surface area contributed by atoms with E-state index >= 15 is 0 Å². The summed E-state index contributed by atoms with van der Waals surface area (Å²) >= 11 is 0. The molecule has 0 amide bonds. The Morgan fingerprint density at radius 2 is 1.93 bits per heavy atom. The number of H-pyrrole nitrogens is 1. The molecule has 0 saturated carbocycles. The molecule has 0 fully saturated rings. The largest absolute Gasteiger partial charge is 0.477 e. The van der Waals surface area contributed by atoms with Crippen molar-refractivity contribution in [3.05, 3.63) is 42.1 Å². The van der Waals surface area contributed by atoms with Gasteiger partial charge in [-0.15, -0.1) is 0 Å². The Kier molecular flexibility index (Phi) is 2.17. The number of rotatable bonds is 2. The smallest absolute Gasteiger partial charge is 0.352 e. The van der Waals surface area contributed by atoms with E-state index in [2.05, 4.69) is 4.98 Å². The maximum Gasteiger partial charge on any atom is 0.352 e. The topological polar surface area (TPSA) is 79.1 Å². The van der Waals surface area contributed by atoms with Crippen LogP contribution < -0.4 is 5.73 Å². The van der Waals surface area contributed by atoms with Gasteiger partial charge in [-0.05, 0) is 6.07 Å². The maximum atomic E-state index is 10.7. The van der Waals surface area contributed by atoms with Crippen molar-refractivity contribution in [3.8, 4) is 11.3 Å². The zero-order valence-electron chi connectivity index (χ0n) is 7.90. The standard InChI is InChI=1S/C11H10N2O2/c12-8-6-9(11(14)15)13-10(8)7-4-2-1-3-5-7/h1-6,13H,12H2,(H,14,15). The summed E-state index contributed by atoms with van der Waals surface area (Å²) in [5.41, 5.74) is 7.79. The van der Waals surface area contributed by atoms with Crippen LogP contribution in [0.1, 0.15) is 10.5 Å². The molecule has 0 bridgehead atoms. The molecule has 15 heavy (non-hydrogen) atoms. The number of nitrogens with one attached hydrogen (secondary N) is 1. The number of benzene rings is 1. The lowest BCUT2D eigenvalue weighted by atomic mass is 10.1. The van der Waals surface area contributed by atoms with Gasteiger partial charge in [-0.2, -0.15) is 0 Å². The van der Waals surface area contributed by atoms with E-state index in [9.17, 15) is 4.79 Å². The van der Waals surface area contributed by atoms with Crippen LogP contribution in [-0.4, -0.2) is 16.1 Å². The van der Waals surface area contributed by atoms with Crippen molar-refractivity contribution < 1.29 is 9.90 Å². The zero-order chi connectivity index (χ0) is 10.8. The van der Waals surface area contributed by atoms with Crippen LogP contribution in [0.25, 0.3) is 11.3 Å². The Bertz CT molecular complexity index is 489. The molecule has 2 aromatic rings. The summed E-state index contributed by atoms with van der Waals surface area (Å²) in [7, 11) is 0. The fourth-order valence-electron chi connectivity index (χ4n) is 1.43. The molecule has 0 radical (unpaired) electrons. The molecule has 2 rings (SSSR count). The summed E-state index contributed by atoms with van der Waals surface area (Å²) in [6, 6.07) is 10.8. The average Bonchev–Trinajstić information content (AvgIpc) is 2.62. The second-order valence-electron chi connectivity index (χ2n) is 3.18. The quantitative estimate of drug-likeness (QED) is 0.696. The minimum Gasteiger partial charge on any atom is -0.477 e. The molecule has 0 spiro atoms. The Morgan fingerprint density at radius 3 is 2.47 bits per heavy atom. The van der Waals surface area contributed by atoms with Gasteiger partial charge in [0.2, 0.25) is 0 Å². The van der Waals surface area contributed by atoms with Crippen molar-refractivity contribution in [2.24, 2.45) is 0 Å². The minimum absolute atomic E-state index is 0.103. The van der Waals surface area contributed by atoms with Gasteiger partial charge in [-0.1, -0.05) is 30.3 Å². The number of aromatic amines is 1. The van der Waals surface area contributed by atoms with Crippen molar-refractivity contribution in [1.29, 1.82) is 0 Å². The summed E-state index contributed by atoms with van der Waals surface area (Å²) in [6.45, 7) is 0. The molecule has 0 saturated heterocycles. The average molecular weight is 202 g/mol. The van der Waals surface area contributed by atoms with Gasteiger partial charge in [0.25, 0.3) is 0 Å². The number of hydrogen-bond donors (Lipinski definition) is 3. The fraction of sp³-hybridized carbons (Fsp3) is 0. The van der Waals surface area contributed by atoms with E-state index < -0.39 is 5.97 Å². The van der Waals surface area contributed by atoms with Gasteiger partial charge < -0.3 is 15.8 Å². The molecule has 4 heteroatoms. The highest BCUT2D eigenvalue weighted by atomic mass is 16.4. The fourth-order valence-corrected chi connectivity index (χ4v) is 1.43. The van der Waals surface area contributed by atoms with Gasteiger partial charge in [0, 0.05) is 5.56 Å². The number of carboxylic acids is 1. The van der Waals surface area contributed by atoms with Gasteiger partial charge in [-0.3, -0.25) is 0 Å². The first-order valence-electron chi connectivity index (χ1n) is 4.45. The Morgan fingerprint density at radius 1 is 1.27 bits per heavy atom. The molecular weight excluding hydrogens is 192 g/mol. The van der Waals surface area contributed by atoms with Crippen LogP contribution in [0.15, 0.2) is 36.4 Å². The second kappa shape index (κ2) is 3.49. The van der Waals surface area contributed by atoms with Crippen LogP contribution >= 0.6 is 0 Å². The Balaban J connectivity index is 2.50. The maximum absolute atomic E-state index is 10.7. The van der Waals surface area contributed by atoms with Crippen LogP contribution in [0.2, 0.25) is 0 Å². The van der Waals surface area contributed by atoms with Crippen molar-refractivity contribution in [1.82, 2.24) is 4.98 Å². The van der Waals surface area contributed by atoms with Crippen molar-refractivity contribution in [2.45, 2.75) is 0 Å². The molecule has 0 aliphatic heterocycles. The van der Waals surface area contributed by atoms with Gasteiger partial charge in [0.05, 0.1) is 11.4 Å². The molecule has 1 aromatic carbocycles. The van der Waals surface area contributed by atoms with Gasteiger partial charge in [0.1, 0.15) is 5.69 Å². The third kappa shape index (κ3) is 1.69. The molecule has 4 N–H and O–H groups in total. The first-order valence-corrected chi connectivity index (χ1v) is 4.45. The van der Waals surface area contributed by atoms with Gasteiger partial charge >= 0.3 is 5.97 Å². The van der Waals surface area contributed by atoms with E-state index in [1.807, 2.05) is 30.3 Å². The summed E-state index contributed by atoms with van der Waals surface area (Å²) in [5.74, 6) is -1.01. The first kappa shape index (κ1) is 9.33. The molecule has 0 unspecified atom stereocenters. The third-order valence-electron chi connectivity index (χ3n) is 2.14. The molecule has 76 valence electrons. The lowest BCUT2D eigenvalue weighted by Crippen LogP contribution is -1.95. The highest BCUT2D eigenvalue weighted by Gasteiger charge is 2.11. The number of hydrogen-bond acceptors (Lipinski definition) is 2. The summed E-state index contributed by atoms with van der Waals surface area (Å²) in [5, 5.41) is 8.78. The zero-order valence-corrected chi connectivity index (χ0v) is 7.90. The molecule has 0 atom stereocenters. The lowest BCUT2D eigenvalue weighted by molar-refractivity contribution is 0.0691. The number of carboxylic acid groups (broad SMARTS) is 1. The normalized spacial score (nSPS) is 10.1. The molecule has 1 heterocycles. The van der Waals surface area contributed by atoms with Crippen molar-refractivity contribution >= 4 is 11.7 Å². The van der Waals surface area contributed by atoms with Crippen molar-refractivity contribution in [2.75, 3.05) is 5.73 Å². The third-order valence-corrected chi connectivity index (χ3v) is 2.14. The second-order valence-corrected chi connectivity index (χ2v) is 3.18. The molecule has 0 aliphatic rings. The van der Waals surface area contributed by atoms with Crippen LogP contribution in [0, 0.1) is 0 Å². The van der Waals surface area contributed by atoms with Gasteiger partial charge in [-0.25, -0.2) is 4.79 Å². The minimum atomic E-state index is -1.01. The summed E-state index contributed by atoms with van der Waals surface area (Å²) in [6.07, 6.45) is 0. The van der Waals surface area contributed by atoms with E-state index in [1.54, 1.807) is 0 Å². The van der Waals surface area contributed by atoms with Crippen LogP contribution in [0.5, 0.6) is 0 Å². The van der Waals surface area contributed by atoms with E-state index in [0.717, 1.165) is 5.56 Å². The van der Waals surface area contributed by atoms with E-state index in [0.29, 0.717) is 11.4 Å². The highest BCUT2D eigenvalue weighted by molar-refractivity contribution is 5.90. The molecule has 1 aromatic heterocycles. The molecule has 0 aliphatic carbocycles. The molecular formula is C11H10N2O2. The van der Waals surface area contributed by atoms with Crippen LogP contribution in [-0.2, 0) is 0 Å². The van der Waals surface area contributed by atoms with Crippen molar-refractivity contribution in [3.63, 3.8) is 0 Å². The first-order chi connectivity index (χ1) is 7.18. The predicted octanol–water partition coefficient (Wildman–Crippen LogP) is 1.96. The number of carbonyl (C=O) groups is 1. The van der Waals surface area contributed by atoms with Crippen LogP contribution in [0.4, 0.5) is 5.69 Å². The number of nitrogen functional groups attached to an aromatic ring is 1. The van der Waals surface area contributed by atoms with E-state index in [4.69, 9.17) is 10.8 Å². The monoisotopic (exact) mass is 202 g/mol. The number of anilines is 1. The lowest BCUT2D eigenvalue weighted by Gasteiger charge is -1.98. The predicted molar refractivity (Wildman–Crippen MR) is 57.6 cm³/mol. The van der Waals surface area contributed by atoms with Crippen LogP contribution in [0.3, 0.4) is 0 Å². The summed E-state index contributed by atoms with van der Waals surface area (Å²) < 4.78 is 0. The number of aromatic carboxylic acids is 1. The SMILES string of the molecule is Nc1cc(C(=O)O)[nH]c1-c1ccccc1. The molecule has 4 nitrogen and oxygen atoms in total. The summed E-state index contributed by atoms with van der Waals surface area (Å²) in [4.78, 5) is 13.5. The highest BCUT2D eigenvalue weighted by Crippen LogP contribution is 2.25.